The molecule has 2 aromatic heterocycles. The molecule has 0 spiro atoms. The maximum atomic E-state index is 12.3. The van der Waals surface area contributed by atoms with Gasteiger partial charge in [-0.3, -0.25) is 4.72 Å². The van der Waals surface area contributed by atoms with Crippen LogP contribution >= 0.6 is 27.3 Å². The van der Waals surface area contributed by atoms with E-state index in [2.05, 4.69) is 30.8 Å². The van der Waals surface area contributed by atoms with Crippen LogP contribution in [0.3, 0.4) is 0 Å². The number of anilines is 1. The zero-order valence-corrected chi connectivity index (χ0v) is 17.6. The maximum Gasteiger partial charge on any atom is 0.271 e. The van der Waals surface area contributed by atoms with Gasteiger partial charge >= 0.3 is 0 Å². The topological polar surface area (TPSA) is 85.1 Å². The summed E-state index contributed by atoms with van der Waals surface area (Å²) >= 11 is 4.57. The molecule has 28 heavy (non-hydrogen) atoms. The van der Waals surface area contributed by atoms with Crippen LogP contribution in [0.15, 0.2) is 79.2 Å². The number of rotatable bonds is 6. The van der Waals surface area contributed by atoms with Crippen LogP contribution < -0.4 is 4.72 Å². The quantitative estimate of drug-likeness (QED) is 0.426. The number of hydrogen-bond donors (Lipinski definition) is 1. The molecule has 0 atom stereocenters. The molecule has 1 N–H and O–H groups in total. The fraction of sp³-hybridized carbons (Fsp3) is 0.0526. The monoisotopic (exact) mass is 475 g/mol. The van der Waals surface area contributed by atoms with E-state index in [0.29, 0.717) is 23.8 Å². The molecule has 0 saturated heterocycles. The van der Waals surface area contributed by atoms with E-state index in [4.69, 9.17) is 4.52 Å². The van der Waals surface area contributed by atoms with Gasteiger partial charge in [0.15, 0.2) is 0 Å². The lowest BCUT2D eigenvalue weighted by molar-refractivity contribution is 0.385. The molecule has 0 aliphatic heterocycles. The summed E-state index contributed by atoms with van der Waals surface area (Å²) in [5, 5.41) is 5.73. The second-order valence-electron chi connectivity index (χ2n) is 5.93. The van der Waals surface area contributed by atoms with E-state index in [1.165, 1.54) is 11.3 Å². The number of aromatic nitrogens is 2. The van der Waals surface area contributed by atoms with Gasteiger partial charge in [-0.25, -0.2) is 8.42 Å². The second kappa shape index (κ2) is 7.86. The number of halogens is 1. The number of benzene rings is 2. The Morgan fingerprint density at radius 1 is 1.04 bits per heavy atom. The summed E-state index contributed by atoms with van der Waals surface area (Å²) in [6, 6.07) is 18.0. The summed E-state index contributed by atoms with van der Waals surface area (Å²) in [6.45, 7) is 0. The third-order valence-electron chi connectivity index (χ3n) is 3.89. The van der Waals surface area contributed by atoms with Crippen LogP contribution in [-0.2, 0) is 16.4 Å². The van der Waals surface area contributed by atoms with E-state index in [1.54, 1.807) is 41.8 Å². The normalized spacial score (nSPS) is 11.5. The van der Waals surface area contributed by atoms with Crippen molar-refractivity contribution in [2.75, 3.05) is 4.72 Å². The predicted octanol–water partition coefficient (Wildman–Crippen LogP) is 4.95. The largest absolute Gasteiger partial charge is 0.339 e. The second-order valence-corrected chi connectivity index (χ2v) is 9.70. The Kier molecular flexibility index (Phi) is 5.29. The smallest absolute Gasteiger partial charge is 0.271 e. The molecule has 0 fully saturated rings. The SMILES string of the molecule is O=S(=O)(Nc1ccc(-c2noc(Cc3ccc(Br)cc3)n2)cc1)c1cccs1. The highest BCUT2D eigenvalue weighted by Crippen LogP contribution is 2.23. The van der Waals surface area contributed by atoms with E-state index < -0.39 is 10.0 Å². The van der Waals surface area contributed by atoms with Crippen LogP contribution in [0.1, 0.15) is 11.5 Å². The number of sulfonamides is 1. The van der Waals surface area contributed by atoms with E-state index in [1.807, 2.05) is 24.3 Å². The van der Waals surface area contributed by atoms with Crippen molar-refractivity contribution in [1.82, 2.24) is 10.1 Å². The Bertz CT molecular complexity index is 1170. The van der Waals surface area contributed by atoms with Gasteiger partial charge in [0.1, 0.15) is 4.21 Å². The summed E-state index contributed by atoms with van der Waals surface area (Å²) in [7, 11) is -3.57. The van der Waals surface area contributed by atoms with Gasteiger partial charge in [0, 0.05) is 15.7 Å². The van der Waals surface area contributed by atoms with Crippen molar-refractivity contribution >= 4 is 43.0 Å². The third kappa shape index (κ3) is 4.32. The summed E-state index contributed by atoms with van der Waals surface area (Å²) in [6.07, 6.45) is 0.541. The molecule has 0 aliphatic rings. The van der Waals surface area contributed by atoms with Crippen LogP contribution in [0, 0.1) is 0 Å². The number of thiophene rings is 1. The lowest BCUT2D eigenvalue weighted by Crippen LogP contribution is -2.11. The van der Waals surface area contributed by atoms with Gasteiger partial charge in [0.05, 0.1) is 6.42 Å². The van der Waals surface area contributed by atoms with Crippen molar-refractivity contribution in [1.29, 1.82) is 0 Å². The van der Waals surface area contributed by atoms with Crippen LogP contribution in [0.25, 0.3) is 11.4 Å². The van der Waals surface area contributed by atoms with Gasteiger partial charge in [-0.05, 0) is 53.4 Å². The summed E-state index contributed by atoms with van der Waals surface area (Å²) in [5.74, 6) is 0.972. The van der Waals surface area contributed by atoms with Crippen molar-refractivity contribution in [3.8, 4) is 11.4 Å². The van der Waals surface area contributed by atoms with Crippen molar-refractivity contribution in [3.05, 3.63) is 82.0 Å². The van der Waals surface area contributed by atoms with Crippen LogP contribution in [0.4, 0.5) is 5.69 Å². The molecule has 0 saturated carbocycles. The van der Waals surface area contributed by atoms with Crippen molar-refractivity contribution in [2.24, 2.45) is 0 Å². The molecular formula is C19H14BrN3O3S2. The average Bonchev–Trinajstić information content (AvgIpc) is 3.37. The van der Waals surface area contributed by atoms with Crippen molar-refractivity contribution in [2.45, 2.75) is 10.6 Å². The zero-order chi connectivity index (χ0) is 19.6. The Balaban J connectivity index is 1.47. The van der Waals surface area contributed by atoms with Gasteiger partial charge in [-0.15, -0.1) is 11.3 Å². The number of nitrogens with one attached hydrogen (secondary N) is 1. The zero-order valence-electron chi connectivity index (χ0n) is 14.4. The minimum atomic E-state index is -3.57. The van der Waals surface area contributed by atoms with Crippen LogP contribution in [0.2, 0.25) is 0 Å². The summed E-state index contributed by atoms with van der Waals surface area (Å²) in [5.41, 5.74) is 2.28. The molecule has 142 valence electrons. The molecule has 0 amide bonds. The molecule has 0 unspecified atom stereocenters. The van der Waals surface area contributed by atoms with Crippen molar-refractivity contribution in [3.63, 3.8) is 0 Å². The lowest BCUT2D eigenvalue weighted by Gasteiger charge is -2.06. The third-order valence-corrected chi connectivity index (χ3v) is 7.20. The molecule has 0 aliphatic carbocycles. The molecule has 4 rings (SSSR count). The average molecular weight is 476 g/mol. The summed E-state index contributed by atoms with van der Waals surface area (Å²) < 4.78 is 33.7. The fourth-order valence-corrected chi connectivity index (χ4v) is 4.85. The number of hydrogen-bond acceptors (Lipinski definition) is 6. The first kappa shape index (κ1) is 18.9. The van der Waals surface area contributed by atoms with E-state index >= 15 is 0 Å². The molecule has 0 bridgehead atoms. The Morgan fingerprint density at radius 2 is 1.79 bits per heavy atom. The highest BCUT2D eigenvalue weighted by atomic mass is 79.9. The minimum Gasteiger partial charge on any atom is -0.339 e. The molecule has 4 aromatic rings. The van der Waals surface area contributed by atoms with Gasteiger partial charge in [-0.2, -0.15) is 4.98 Å². The first-order valence-electron chi connectivity index (χ1n) is 8.23. The van der Waals surface area contributed by atoms with Crippen LogP contribution in [-0.4, -0.2) is 18.6 Å². The predicted molar refractivity (Wildman–Crippen MR) is 112 cm³/mol. The lowest BCUT2D eigenvalue weighted by atomic mass is 10.1. The van der Waals surface area contributed by atoms with Gasteiger partial charge in [-0.1, -0.05) is 39.3 Å². The molecule has 9 heteroatoms. The van der Waals surface area contributed by atoms with E-state index in [0.717, 1.165) is 15.6 Å². The standard InChI is InChI=1S/C19H14BrN3O3S2/c20-15-7-3-13(4-8-15)12-17-21-19(22-26-17)14-5-9-16(10-6-14)23-28(24,25)18-2-1-11-27-18/h1-11,23H,12H2. The first-order chi connectivity index (χ1) is 13.5. The van der Waals surface area contributed by atoms with E-state index in [-0.39, 0.29) is 4.21 Å². The molecule has 2 aromatic carbocycles. The fourth-order valence-electron chi connectivity index (χ4n) is 2.53. The minimum absolute atomic E-state index is 0.271. The van der Waals surface area contributed by atoms with Crippen LogP contribution in [0.5, 0.6) is 0 Å². The number of nitrogens with zero attached hydrogens (tertiary/aromatic N) is 2. The van der Waals surface area contributed by atoms with Crippen molar-refractivity contribution < 1.29 is 12.9 Å². The molecular weight excluding hydrogens is 462 g/mol. The Morgan fingerprint density at radius 3 is 2.46 bits per heavy atom. The van der Waals surface area contributed by atoms with E-state index in [9.17, 15) is 8.42 Å². The molecule has 6 nitrogen and oxygen atoms in total. The van der Waals surface area contributed by atoms with Gasteiger partial charge in [0.2, 0.25) is 11.7 Å². The molecule has 0 radical (unpaired) electrons. The highest BCUT2D eigenvalue weighted by molar-refractivity contribution is 9.10. The maximum absolute atomic E-state index is 12.3. The first-order valence-corrected chi connectivity index (χ1v) is 11.4. The molecule has 2 heterocycles. The summed E-state index contributed by atoms with van der Waals surface area (Å²) in [4.78, 5) is 4.42. The Hall–Kier alpha value is -2.49. The Labute approximate surface area is 174 Å². The highest BCUT2D eigenvalue weighted by Gasteiger charge is 2.15. The van der Waals surface area contributed by atoms with Gasteiger partial charge in [0.25, 0.3) is 10.0 Å². The van der Waals surface area contributed by atoms with Gasteiger partial charge < -0.3 is 4.52 Å².